The van der Waals surface area contributed by atoms with Crippen LogP contribution in [0.4, 0.5) is 10.3 Å². The van der Waals surface area contributed by atoms with E-state index < -0.39 is 0 Å². The van der Waals surface area contributed by atoms with Crippen molar-refractivity contribution in [2.24, 2.45) is 0 Å². The molecule has 0 fully saturated rings. The first-order valence-corrected chi connectivity index (χ1v) is 9.92. The van der Waals surface area contributed by atoms with Crippen molar-refractivity contribution in [3.05, 3.63) is 51.4 Å². The zero-order valence-electron chi connectivity index (χ0n) is 12.6. The fourth-order valence-electron chi connectivity index (χ4n) is 2.26. The van der Waals surface area contributed by atoms with Crippen molar-refractivity contribution in [1.82, 2.24) is 9.97 Å². The molecule has 0 atom stereocenters. The van der Waals surface area contributed by atoms with Crippen molar-refractivity contribution in [1.29, 1.82) is 0 Å². The number of aromatic nitrogens is 2. The molecule has 24 heavy (non-hydrogen) atoms. The number of nitrogens with zero attached hydrogens (tertiary/aromatic N) is 2. The van der Waals surface area contributed by atoms with E-state index in [9.17, 15) is 0 Å². The first kappa shape index (κ1) is 15.8. The van der Waals surface area contributed by atoms with Gasteiger partial charge in [-0.15, -0.1) is 11.3 Å². The average Bonchev–Trinajstić information content (AvgIpc) is 3.21. The number of anilines is 2. The molecule has 4 nitrogen and oxygen atoms in total. The number of hydrogen-bond acceptors (Lipinski definition) is 6. The Bertz CT molecular complexity index is 995. The maximum Gasteiger partial charge on any atom is 0.190 e. The predicted molar refractivity (Wildman–Crippen MR) is 110 cm³/mol. The molecule has 1 N–H and O–H groups in total. The Labute approximate surface area is 160 Å². The van der Waals surface area contributed by atoms with Gasteiger partial charge in [0.1, 0.15) is 5.75 Å². The molecule has 0 unspecified atom stereocenters. The van der Waals surface area contributed by atoms with Crippen molar-refractivity contribution in [3.63, 3.8) is 0 Å². The molecule has 2 aromatic heterocycles. The van der Waals surface area contributed by atoms with E-state index in [0.717, 1.165) is 37.5 Å². The minimum atomic E-state index is 0.814. The van der Waals surface area contributed by atoms with Gasteiger partial charge in [0.25, 0.3) is 0 Å². The molecule has 0 saturated heterocycles. The van der Waals surface area contributed by atoms with E-state index in [-0.39, 0.29) is 0 Å². The SMILES string of the molecule is COc1ccc2sc(Nc3nc(-c4ccc(I)cc4)cs3)nc2c1. The molecule has 2 aromatic carbocycles. The molecule has 4 rings (SSSR count). The maximum absolute atomic E-state index is 5.24. The van der Waals surface area contributed by atoms with Crippen LogP contribution in [0.3, 0.4) is 0 Å². The second-order valence-electron chi connectivity index (χ2n) is 5.02. The van der Waals surface area contributed by atoms with Crippen LogP contribution >= 0.6 is 45.3 Å². The second-order valence-corrected chi connectivity index (χ2v) is 8.16. The number of nitrogens with one attached hydrogen (secondary N) is 1. The Kier molecular flexibility index (Phi) is 4.38. The summed E-state index contributed by atoms with van der Waals surface area (Å²) in [6, 6.07) is 14.3. The minimum absolute atomic E-state index is 0.814. The monoisotopic (exact) mass is 465 g/mol. The third-order valence-electron chi connectivity index (χ3n) is 3.45. The predicted octanol–water partition coefficient (Wildman–Crippen LogP) is 5.78. The molecule has 0 amide bonds. The number of benzene rings is 2. The van der Waals surface area contributed by atoms with Crippen LogP contribution in [0.25, 0.3) is 21.5 Å². The molecule has 7 heteroatoms. The van der Waals surface area contributed by atoms with Crippen LogP contribution in [0.5, 0.6) is 5.75 Å². The second kappa shape index (κ2) is 6.66. The molecule has 0 radical (unpaired) electrons. The average molecular weight is 465 g/mol. The number of hydrogen-bond donors (Lipinski definition) is 1. The van der Waals surface area contributed by atoms with Gasteiger partial charge in [0.05, 0.1) is 23.0 Å². The van der Waals surface area contributed by atoms with Crippen LogP contribution in [0.1, 0.15) is 0 Å². The van der Waals surface area contributed by atoms with Gasteiger partial charge in [0, 0.05) is 20.6 Å². The fourth-order valence-corrected chi connectivity index (χ4v) is 4.25. The summed E-state index contributed by atoms with van der Waals surface area (Å²) in [5, 5.41) is 7.04. The van der Waals surface area contributed by atoms with Crippen LogP contribution in [0.15, 0.2) is 47.8 Å². The molecule has 4 aromatic rings. The highest BCUT2D eigenvalue weighted by Crippen LogP contribution is 2.32. The van der Waals surface area contributed by atoms with Crippen molar-refractivity contribution in [3.8, 4) is 17.0 Å². The number of methoxy groups -OCH3 is 1. The summed E-state index contributed by atoms with van der Waals surface area (Å²) in [6.07, 6.45) is 0. The summed E-state index contributed by atoms with van der Waals surface area (Å²) in [6.45, 7) is 0. The highest BCUT2D eigenvalue weighted by atomic mass is 127. The quantitative estimate of drug-likeness (QED) is 0.389. The van der Waals surface area contributed by atoms with Crippen LogP contribution < -0.4 is 10.1 Å². The highest BCUT2D eigenvalue weighted by Gasteiger charge is 2.09. The standard InChI is InChI=1S/C17H12IN3OS2/c1-22-12-6-7-15-13(8-12)19-17(24-15)21-16-20-14(9-23-16)10-2-4-11(18)5-3-10/h2-9H,1H3,(H,19,20,21). The van der Waals surface area contributed by atoms with E-state index in [1.54, 1.807) is 29.8 Å². The van der Waals surface area contributed by atoms with E-state index in [2.05, 4.69) is 67.5 Å². The van der Waals surface area contributed by atoms with E-state index in [1.807, 2.05) is 18.2 Å². The largest absolute Gasteiger partial charge is 0.497 e. The van der Waals surface area contributed by atoms with Crippen molar-refractivity contribution in [2.45, 2.75) is 0 Å². The Morgan fingerprint density at radius 1 is 1.04 bits per heavy atom. The third kappa shape index (κ3) is 3.24. The minimum Gasteiger partial charge on any atom is -0.497 e. The summed E-state index contributed by atoms with van der Waals surface area (Å²) < 4.78 is 7.58. The van der Waals surface area contributed by atoms with E-state index >= 15 is 0 Å². The summed E-state index contributed by atoms with van der Waals surface area (Å²) >= 11 is 5.49. The Morgan fingerprint density at radius 3 is 2.67 bits per heavy atom. The van der Waals surface area contributed by atoms with Gasteiger partial charge in [0.2, 0.25) is 0 Å². The molecular formula is C17H12IN3OS2. The fraction of sp³-hybridized carbons (Fsp3) is 0.0588. The summed E-state index contributed by atoms with van der Waals surface area (Å²) in [5.41, 5.74) is 3.02. The van der Waals surface area contributed by atoms with E-state index in [4.69, 9.17) is 4.74 Å². The summed E-state index contributed by atoms with van der Waals surface area (Å²) in [7, 11) is 1.66. The molecule has 0 spiro atoms. The summed E-state index contributed by atoms with van der Waals surface area (Å²) in [5.74, 6) is 0.814. The number of rotatable bonds is 4. The number of thiazole rings is 2. The van der Waals surface area contributed by atoms with Crippen LogP contribution in [-0.2, 0) is 0 Å². The van der Waals surface area contributed by atoms with Gasteiger partial charge < -0.3 is 10.1 Å². The van der Waals surface area contributed by atoms with E-state index in [0.29, 0.717) is 0 Å². The molecule has 2 heterocycles. The highest BCUT2D eigenvalue weighted by molar-refractivity contribution is 14.1. The first-order chi connectivity index (χ1) is 11.7. The molecule has 0 aliphatic carbocycles. The van der Waals surface area contributed by atoms with Crippen LogP contribution in [0.2, 0.25) is 0 Å². The number of ether oxygens (including phenoxy) is 1. The Hall–Kier alpha value is -1.71. The lowest BCUT2D eigenvalue weighted by Gasteiger charge is -1.97. The van der Waals surface area contributed by atoms with Gasteiger partial charge in [-0.2, -0.15) is 0 Å². The topological polar surface area (TPSA) is 47.0 Å². The number of fused-ring (bicyclic) bond motifs is 1. The van der Waals surface area contributed by atoms with Crippen LogP contribution in [0, 0.1) is 3.57 Å². The van der Waals surface area contributed by atoms with Gasteiger partial charge in [-0.1, -0.05) is 23.5 Å². The van der Waals surface area contributed by atoms with Crippen molar-refractivity contribution in [2.75, 3.05) is 12.4 Å². The molecule has 0 aliphatic rings. The number of halogens is 1. The Balaban J connectivity index is 1.58. The van der Waals surface area contributed by atoms with Gasteiger partial charge >= 0.3 is 0 Å². The van der Waals surface area contributed by atoms with Gasteiger partial charge in [0.15, 0.2) is 10.3 Å². The first-order valence-electron chi connectivity index (χ1n) is 7.14. The lowest BCUT2D eigenvalue weighted by Crippen LogP contribution is -1.88. The van der Waals surface area contributed by atoms with Crippen molar-refractivity contribution >= 4 is 65.7 Å². The molecular weight excluding hydrogens is 453 g/mol. The lowest BCUT2D eigenvalue weighted by molar-refractivity contribution is 0.415. The molecule has 120 valence electrons. The van der Waals surface area contributed by atoms with E-state index in [1.165, 1.54) is 3.57 Å². The van der Waals surface area contributed by atoms with Gasteiger partial charge in [-0.05, 0) is 46.9 Å². The van der Waals surface area contributed by atoms with Gasteiger partial charge in [-0.3, -0.25) is 0 Å². The Morgan fingerprint density at radius 2 is 1.88 bits per heavy atom. The normalized spacial score (nSPS) is 10.9. The zero-order chi connectivity index (χ0) is 16.5. The van der Waals surface area contributed by atoms with Gasteiger partial charge in [-0.25, -0.2) is 9.97 Å². The molecule has 0 bridgehead atoms. The summed E-state index contributed by atoms with van der Waals surface area (Å²) in [4.78, 5) is 9.26. The molecule has 0 saturated carbocycles. The maximum atomic E-state index is 5.24. The smallest absolute Gasteiger partial charge is 0.190 e. The van der Waals surface area contributed by atoms with Crippen molar-refractivity contribution < 1.29 is 4.74 Å². The van der Waals surface area contributed by atoms with Crippen LogP contribution in [-0.4, -0.2) is 17.1 Å². The lowest BCUT2D eigenvalue weighted by atomic mass is 10.2. The zero-order valence-corrected chi connectivity index (χ0v) is 16.4. The third-order valence-corrected chi connectivity index (χ3v) is 5.88. The molecule has 0 aliphatic heterocycles.